The Kier molecular flexibility index (Phi) is 7.95. The number of hydrogen-bond acceptors (Lipinski definition) is 1. The van der Waals surface area contributed by atoms with E-state index in [0.717, 1.165) is 5.69 Å². The summed E-state index contributed by atoms with van der Waals surface area (Å²) in [5, 5.41) is 6.46. The predicted molar refractivity (Wildman–Crippen MR) is 126 cm³/mol. The van der Waals surface area contributed by atoms with Gasteiger partial charge in [0.25, 0.3) is 0 Å². The average molecular weight is 375 g/mol. The van der Waals surface area contributed by atoms with Crippen molar-refractivity contribution in [1.29, 1.82) is 0 Å². The Morgan fingerprint density at radius 1 is 0.630 bits per heavy atom. The first-order valence-corrected chi connectivity index (χ1v) is 12.0. The molecule has 0 fully saturated rings. The van der Waals surface area contributed by atoms with E-state index in [1.807, 2.05) is 33.9 Å². The number of nitrogens with zero attached hydrogens (tertiary/aromatic N) is 1. The Bertz CT molecular complexity index is 1000. The monoisotopic (exact) mass is 375 g/mol. The van der Waals surface area contributed by atoms with Crippen LogP contribution < -0.4 is 5.30 Å². The second-order valence-electron chi connectivity index (χ2n) is 5.96. The topological polar surface area (TPSA) is 12.9 Å². The molecule has 0 N–H and O–H groups in total. The molecule has 2 heteroatoms. The van der Waals surface area contributed by atoms with E-state index in [-0.39, 0.29) is 7.92 Å². The molecule has 0 aliphatic rings. The summed E-state index contributed by atoms with van der Waals surface area (Å²) in [6.45, 7) is 12.6. The number of benzene rings is 3. The van der Waals surface area contributed by atoms with Gasteiger partial charge in [0.05, 0.1) is 5.69 Å². The third-order valence-corrected chi connectivity index (χ3v) is 5.64. The van der Waals surface area contributed by atoms with Gasteiger partial charge in [0.2, 0.25) is 0 Å². The number of hydrogen-bond donors (Lipinski definition) is 0. The van der Waals surface area contributed by atoms with Crippen LogP contribution in [-0.2, 0) is 0 Å². The van der Waals surface area contributed by atoms with Gasteiger partial charge in [-0.15, -0.1) is 0 Å². The minimum absolute atomic E-state index is 0.209. The molecule has 0 aliphatic carbocycles. The lowest BCUT2D eigenvalue weighted by atomic mass is 9.98. The summed E-state index contributed by atoms with van der Waals surface area (Å²) in [5.74, 6) is 0. The van der Waals surface area contributed by atoms with Gasteiger partial charge in [0, 0.05) is 17.1 Å². The Balaban J connectivity index is 0.000000614. The highest BCUT2D eigenvalue weighted by Gasteiger charge is 2.15. The summed E-state index contributed by atoms with van der Waals surface area (Å²) in [6, 6.07) is 23.7. The summed E-state index contributed by atoms with van der Waals surface area (Å²) in [6.07, 6.45) is 1.93. The molecule has 0 radical (unpaired) electrons. The predicted octanol–water partition coefficient (Wildman–Crippen LogP) is 7.47. The molecule has 0 saturated carbocycles. The molecule has 0 saturated heterocycles. The van der Waals surface area contributed by atoms with Crippen molar-refractivity contribution in [3.05, 3.63) is 72.9 Å². The van der Waals surface area contributed by atoms with Gasteiger partial charge in [-0.05, 0) is 40.9 Å². The van der Waals surface area contributed by atoms with Crippen molar-refractivity contribution >= 4 is 34.8 Å². The van der Waals surface area contributed by atoms with Crippen molar-refractivity contribution in [3.63, 3.8) is 0 Å². The van der Waals surface area contributed by atoms with Crippen LogP contribution in [0.3, 0.4) is 0 Å². The Morgan fingerprint density at radius 3 is 1.81 bits per heavy atom. The molecule has 0 atom stereocenters. The average Bonchev–Trinajstić information content (AvgIpc) is 2.75. The molecule has 0 unspecified atom stereocenters. The van der Waals surface area contributed by atoms with Gasteiger partial charge in [0.1, 0.15) is 0 Å². The zero-order valence-corrected chi connectivity index (χ0v) is 18.2. The first-order chi connectivity index (χ1) is 13.3. The van der Waals surface area contributed by atoms with E-state index in [0.29, 0.717) is 0 Å². The van der Waals surface area contributed by atoms with Crippen LogP contribution in [0.15, 0.2) is 72.9 Å². The minimum Gasteiger partial charge on any atom is -0.256 e. The maximum atomic E-state index is 4.78. The van der Waals surface area contributed by atoms with Gasteiger partial charge in [-0.25, -0.2) is 0 Å². The van der Waals surface area contributed by atoms with Crippen molar-refractivity contribution in [1.82, 2.24) is 4.98 Å². The highest BCUT2D eigenvalue weighted by molar-refractivity contribution is 7.64. The van der Waals surface area contributed by atoms with Crippen molar-refractivity contribution < 1.29 is 0 Å². The fourth-order valence-corrected chi connectivity index (χ4v) is 4.25. The zero-order valence-electron chi connectivity index (χ0n) is 17.3. The van der Waals surface area contributed by atoms with E-state index in [1.54, 1.807) is 0 Å². The first kappa shape index (κ1) is 21.1. The van der Waals surface area contributed by atoms with E-state index in [4.69, 9.17) is 4.98 Å². The van der Waals surface area contributed by atoms with Crippen LogP contribution in [0.5, 0.6) is 0 Å². The van der Waals surface area contributed by atoms with Gasteiger partial charge in [0.15, 0.2) is 0 Å². The largest absolute Gasteiger partial charge is 0.256 e. The molecule has 27 heavy (non-hydrogen) atoms. The van der Waals surface area contributed by atoms with Crippen molar-refractivity contribution in [2.45, 2.75) is 27.7 Å². The highest BCUT2D eigenvalue weighted by Crippen LogP contribution is 2.37. The normalized spacial score (nSPS) is 10.2. The lowest BCUT2D eigenvalue weighted by Gasteiger charge is -2.17. The SMILES string of the molecule is CC.CC.CP(C)c1ccc2ccccc2c1-c1nccc2ccccc12. The van der Waals surface area contributed by atoms with E-state index in [9.17, 15) is 0 Å². The third kappa shape index (κ3) is 4.37. The van der Waals surface area contributed by atoms with E-state index < -0.39 is 0 Å². The second-order valence-corrected chi connectivity index (χ2v) is 8.23. The number of pyridine rings is 1. The molecule has 0 spiro atoms. The summed E-state index contributed by atoms with van der Waals surface area (Å²) in [5.41, 5.74) is 2.40. The molecule has 4 rings (SSSR count). The molecule has 0 bridgehead atoms. The van der Waals surface area contributed by atoms with Crippen LogP contribution >= 0.6 is 7.92 Å². The van der Waals surface area contributed by atoms with Crippen LogP contribution in [0.4, 0.5) is 0 Å². The molecular weight excluding hydrogens is 345 g/mol. The van der Waals surface area contributed by atoms with Crippen LogP contribution in [0, 0.1) is 0 Å². The fourth-order valence-electron chi connectivity index (χ4n) is 3.20. The first-order valence-electron chi connectivity index (χ1n) is 9.79. The van der Waals surface area contributed by atoms with Gasteiger partial charge >= 0.3 is 0 Å². The van der Waals surface area contributed by atoms with Crippen LogP contribution in [0.25, 0.3) is 32.8 Å². The van der Waals surface area contributed by atoms with Gasteiger partial charge in [-0.2, -0.15) is 0 Å². The molecular formula is C25H30NP. The quantitative estimate of drug-likeness (QED) is 0.331. The molecule has 0 aliphatic heterocycles. The summed E-state index contributed by atoms with van der Waals surface area (Å²) in [7, 11) is -0.209. The van der Waals surface area contributed by atoms with Crippen molar-refractivity contribution in [2.75, 3.05) is 13.3 Å². The van der Waals surface area contributed by atoms with E-state index >= 15 is 0 Å². The van der Waals surface area contributed by atoms with E-state index in [1.165, 1.54) is 32.4 Å². The molecule has 1 aromatic heterocycles. The van der Waals surface area contributed by atoms with Gasteiger partial charge < -0.3 is 0 Å². The number of fused-ring (bicyclic) bond motifs is 2. The maximum absolute atomic E-state index is 4.78. The minimum atomic E-state index is -0.209. The summed E-state index contributed by atoms with van der Waals surface area (Å²) >= 11 is 0. The molecule has 3 aromatic carbocycles. The standard InChI is InChI=1S/C21H18NP.2C2H6/c1-23(2)19-12-11-15-7-3-5-9-17(15)20(19)21-18-10-6-4-8-16(18)13-14-22-21;2*1-2/h3-14H,1-2H3;2*1-2H3. The van der Waals surface area contributed by atoms with Crippen molar-refractivity contribution in [3.8, 4) is 11.3 Å². The fraction of sp³-hybridized carbons (Fsp3) is 0.240. The van der Waals surface area contributed by atoms with Crippen LogP contribution in [-0.4, -0.2) is 18.3 Å². The molecule has 1 nitrogen and oxygen atoms in total. The molecule has 0 amide bonds. The molecule has 140 valence electrons. The smallest absolute Gasteiger partial charge is 0.0792 e. The third-order valence-electron chi connectivity index (χ3n) is 4.30. The van der Waals surface area contributed by atoms with Crippen LogP contribution in [0.2, 0.25) is 0 Å². The molecule has 4 aromatic rings. The highest BCUT2D eigenvalue weighted by atomic mass is 31.1. The Labute approximate surface area is 165 Å². The Morgan fingerprint density at radius 2 is 1.19 bits per heavy atom. The second kappa shape index (κ2) is 10.2. The van der Waals surface area contributed by atoms with Crippen molar-refractivity contribution in [2.24, 2.45) is 0 Å². The number of aromatic nitrogens is 1. The summed E-state index contributed by atoms with van der Waals surface area (Å²) < 4.78 is 0. The molecule has 1 heterocycles. The maximum Gasteiger partial charge on any atom is 0.0792 e. The van der Waals surface area contributed by atoms with Gasteiger partial charge in [-0.1, -0.05) is 96.3 Å². The zero-order chi connectivity index (χ0) is 19.8. The van der Waals surface area contributed by atoms with E-state index in [2.05, 4.69) is 80.1 Å². The number of rotatable bonds is 2. The lowest BCUT2D eigenvalue weighted by molar-refractivity contribution is 1.37. The Hall–Kier alpha value is -2.24. The summed E-state index contributed by atoms with van der Waals surface area (Å²) in [4.78, 5) is 4.78. The van der Waals surface area contributed by atoms with Gasteiger partial charge in [-0.3, -0.25) is 4.98 Å². The lowest BCUT2D eigenvalue weighted by Crippen LogP contribution is -2.06. The van der Waals surface area contributed by atoms with Crippen LogP contribution in [0.1, 0.15) is 27.7 Å².